The fourth-order valence-corrected chi connectivity index (χ4v) is 3.15. The third-order valence-corrected chi connectivity index (χ3v) is 4.48. The summed E-state index contributed by atoms with van der Waals surface area (Å²) in [7, 11) is 3.42. The van der Waals surface area contributed by atoms with Crippen LogP contribution in [0.1, 0.15) is 51.1 Å². The van der Waals surface area contributed by atoms with Crippen molar-refractivity contribution in [3.8, 4) is 11.5 Å². The molecule has 2 rings (SSSR count). The van der Waals surface area contributed by atoms with Gasteiger partial charge >= 0.3 is 0 Å². The van der Waals surface area contributed by atoms with E-state index in [4.69, 9.17) is 9.47 Å². The molecule has 0 spiro atoms. The highest BCUT2D eigenvalue weighted by molar-refractivity contribution is 5.42. The van der Waals surface area contributed by atoms with Crippen LogP contribution >= 0.6 is 0 Å². The molecule has 1 aromatic carbocycles. The summed E-state index contributed by atoms with van der Waals surface area (Å²) in [5, 5.41) is 3.78. The molecule has 3 heteroatoms. The topological polar surface area (TPSA) is 30.5 Å². The minimum Gasteiger partial charge on any atom is -0.497 e. The summed E-state index contributed by atoms with van der Waals surface area (Å²) in [5.41, 5.74) is 1.17. The van der Waals surface area contributed by atoms with Crippen LogP contribution in [-0.4, -0.2) is 20.3 Å². The zero-order valence-corrected chi connectivity index (χ0v) is 13.1. The monoisotopic (exact) mass is 277 g/mol. The number of benzene rings is 1. The molecule has 20 heavy (non-hydrogen) atoms. The lowest BCUT2D eigenvalue weighted by Crippen LogP contribution is -2.38. The van der Waals surface area contributed by atoms with Crippen LogP contribution in [0, 0.1) is 5.92 Å². The molecule has 0 aliphatic heterocycles. The average Bonchev–Trinajstić information content (AvgIpc) is 2.48. The molecule has 0 aromatic heterocycles. The summed E-state index contributed by atoms with van der Waals surface area (Å²) in [6.07, 6.45) is 5.32. The first-order chi connectivity index (χ1) is 9.65. The Bertz CT molecular complexity index is 433. The van der Waals surface area contributed by atoms with Crippen molar-refractivity contribution in [2.75, 3.05) is 14.2 Å². The molecule has 3 nitrogen and oxygen atoms in total. The highest BCUT2D eigenvalue weighted by atomic mass is 16.5. The second-order valence-corrected chi connectivity index (χ2v) is 5.86. The van der Waals surface area contributed by atoms with Crippen LogP contribution < -0.4 is 14.8 Å². The first-order valence-corrected chi connectivity index (χ1v) is 7.63. The van der Waals surface area contributed by atoms with Gasteiger partial charge in [0.15, 0.2) is 0 Å². The molecular weight excluding hydrogens is 250 g/mol. The van der Waals surface area contributed by atoms with Crippen molar-refractivity contribution in [3.05, 3.63) is 23.8 Å². The van der Waals surface area contributed by atoms with Crippen molar-refractivity contribution in [1.29, 1.82) is 0 Å². The lowest BCUT2D eigenvalue weighted by molar-refractivity contribution is 0.261. The van der Waals surface area contributed by atoms with Crippen molar-refractivity contribution >= 4 is 0 Å². The van der Waals surface area contributed by atoms with Gasteiger partial charge in [-0.2, -0.15) is 0 Å². The molecule has 1 N–H and O–H groups in total. The van der Waals surface area contributed by atoms with Gasteiger partial charge in [0, 0.05) is 17.6 Å². The normalized spacial score (nSPS) is 24.2. The Morgan fingerprint density at radius 3 is 2.55 bits per heavy atom. The Labute approximate surface area is 122 Å². The summed E-state index contributed by atoms with van der Waals surface area (Å²) in [4.78, 5) is 0. The largest absolute Gasteiger partial charge is 0.497 e. The molecular formula is C17H27NO2. The van der Waals surface area contributed by atoms with E-state index in [1.54, 1.807) is 14.2 Å². The second kappa shape index (κ2) is 6.98. The van der Waals surface area contributed by atoms with Gasteiger partial charge in [0.05, 0.1) is 14.2 Å². The van der Waals surface area contributed by atoms with Crippen molar-refractivity contribution in [2.45, 2.75) is 51.6 Å². The van der Waals surface area contributed by atoms with Gasteiger partial charge < -0.3 is 14.8 Å². The fraction of sp³-hybridized carbons (Fsp3) is 0.647. The number of hydrogen-bond acceptors (Lipinski definition) is 3. The molecule has 1 aliphatic rings. The van der Waals surface area contributed by atoms with Crippen LogP contribution in [0.15, 0.2) is 18.2 Å². The summed E-state index contributed by atoms with van der Waals surface area (Å²) < 4.78 is 10.8. The van der Waals surface area contributed by atoms with Gasteiger partial charge in [0.1, 0.15) is 11.5 Å². The van der Waals surface area contributed by atoms with Crippen molar-refractivity contribution in [2.24, 2.45) is 5.92 Å². The molecule has 112 valence electrons. The van der Waals surface area contributed by atoms with Gasteiger partial charge in [-0.3, -0.25) is 0 Å². The molecule has 1 aromatic rings. The maximum atomic E-state index is 5.49. The molecule has 0 bridgehead atoms. The Morgan fingerprint density at radius 2 is 1.90 bits per heavy atom. The average molecular weight is 277 g/mol. The third-order valence-electron chi connectivity index (χ3n) is 4.48. The quantitative estimate of drug-likeness (QED) is 0.884. The summed E-state index contributed by atoms with van der Waals surface area (Å²) >= 11 is 0. The molecule has 0 amide bonds. The second-order valence-electron chi connectivity index (χ2n) is 5.86. The molecule has 0 saturated heterocycles. The van der Waals surface area contributed by atoms with E-state index in [9.17, 15) is 0 Å². The molecule has 1 fully saturated rings. The van der Waals surface area contributed by atoms with Gasteiger partial charge in [0.25, 0.3) is 0 Å². The first kappa shape index (κ1) is 15.2. The Balaban J connectivity index is 2.12. The third kappa shape index (κ3) is 3.45. The zero-order chi connectivity index (χ0) is 14.5. The maximum Gasteiger partial charge on any atom is 0.123 e. The van der Waals surface area contributed by atoms with Crippen LogP contribution in [0.4, 0.5) is 0 Å². The van der Waals surface area contributed by atoms with Gasteiger partial charge in [0.2, 0.25) is 0 Å². The molecule has 0 radical (unpaired) electrons. The van der Waals surface area contributed by atoms with Crippen molar-refractivity contribution in [1.82, 2.24) is 5.32 Å². The molecule has 1 aliphatic carbocycles. The maximum absolute atomic E-state index is 5.49. The summed E-state index contributed by atoms with van der Waals surface area (Å²) in [6.45, 7) is 4.56. The van der Waals surface area contributed by atoms with Crippen LogP contribution in [-0.2, 0) is 0 Å². The lowest BCUT2D eigenvalue weighted by Gasteiger charge is -2.32. The number of ether oxygens (including phenoxy) is 2. The molecule has 3 unspecified atom stereocenters. The van der Waals surface area contributed by atoms with Crippen LogP contribution in [0.2, 0.25) is 0 Å². The predicted octanol–water partition coefficient (Wildman–Crippen LogP) is 3.93. The van der Waals surface area contributed by atoms with E-state index in [-0.39, 0.29) is 6.04 Å². The Hall–Kier alpha value is -1.22. The first-order valence-electron chi connectivity index (χ1n) is 7.63. The summed E-state index contributed by atoms with van der Waals surface area (Å²) in [5.74, 6) is 2.56. The van der Waals surface area contributed by atoms with Crippen molar-refractivity contribution in [3.63, 3.8) is 0 Å². The van der Waals surface area contributed by atoms with Gasteiger partial charge in [-0.25, -0.2) is 0 Å². The summed E-state index contributed by atoms with van der Waals surface area (Å²) in [6, 6.07) is 6.87. The lowest BCUT2D eigenvalue weighted by atomic mass is 9.85. The molecule has 1 saturated carbocycles. The van der Waals surface area contributed by atoms with Gasteiger partial charge in [-0.05, 0) is 43.9 Å². The van der Waals surface area contributed by atoms with Crippen LogP contribution in [0.25, 0.3) is 0 Å². The highest BCUT2D eigenvalue weighted by Crippen LogP contribution is 2.31. The van der Waals surface area contributed by atoms with E-state index in [0.717, 1.165) is 17.4 Å². The van der Waals surface area contributed by atoms with E-state index < -0.39 is 0 Å². The van der Waals surface area contributed by atoms with Gasteiger partial charge in [-0.1, -0.05) is 19.8 Å². The minimum absolute atomic E-state index is 0.269. The predicted molar refractivity (Wildman–Crippen MR) is 82.5 cm³/mol. The van der Waals surface area contributed by atoms with E-state index >= 15 is 0 Å². The Kier molecular flexibility index (Phi) is 5.30. The highest BCUT2D eigenvalue weighted by Gasteiger charge is 2.24. The van der Waals surface area contributed by atoms with Gasteiger partial charge in [-0.15, -0.1) is 0 Å². The number of rotatable bonds is 5. The van der Waals surface area contributed by atoms with E-state index in [1.165, 1.54) is 31.2 Å². The molecule has 0 heterocycles. The van der Waals surface area contributed by atoms with Crippen molar-refractivity contribution < 1.29 is 9.47 Å². The SMILES string of the molecule is COc1ccc(OC)c(C(C)NC2CCCCC2C)c1. The molecule has 3 atom stereocenters. The number of nitrogens with one attached hydrogen (secondary N) is 1. The van der Waals surface area contributed by atoms with Crippen LogP contribution in [0.3, 0.4) is 0 Å². The number of methoxy groups -OCH3 is 2. The fourth-order valence-electron chi connectivity index (χ4n) is 3.15. The minimum atomic E-state index is 0.269. The number of hydrogen-bond donors (Lipinski definition) is 1. The van der Waals surface area contributed by atoms with Crippen LogP contribution in [0.5, 0.6) is 11.5 Å². The zero-order valence-electron chi connectivity index (χ0n) is 13.1. The van der Waals surface area contributed by atoms with E-state index in [2.05, 4.69) is 25.2 Å². The Morgan fingerprint density at radius 1 is 1.15 bits per heavy atom. The smallest absolute Gasteiger partial charge is 0.123 e. The van der Waals surface area contributed by atoms with E-state index in [0.29, 0.717) is 6.04 Å². The standard InChI is InChI=1S/C17H27NO2/c1-12-7-5-6-8-16(12)18-13(2)15-11-14(19-3)9-10-17(15)20-4/h9-13,16,18H,5-8H2,1-4H3. The van der Waals surface area contributed by atoms with E-state index in [1.807, 2.05) is 12.1 Å².